The normalized spacial score (nSPS) is 11.9. The number of hydrogen-bond donors (Lipinski definition) is 1. The van der Waals surface area contributed by atoms with Crippen molar-refractivity contribution >= 4 is 50.7 Å². The highest BCUT2D eigenvalue weighted by Gasteiger charge is 2.34. The molecule has 7 nitrogen and oxygen atoms in total. The maximum atomic E-state index is 14.4. The highest BCUT2D eigenvalue weighted by Crippen LogP contribution is 2.30. The summed E-state index contributed by atoms with van der Waals surface area (Å²) in [5.41, 5.74) is 1.79. The van der Waals surface area contributed by atoms with Gasteiger partial charge in [0.05, 0.1) is 10.6 Å². The molecule has 0 spiro atoms. The van der Waals surface area contributed by atoms with E-state index in [0.29, 0.717) is 6.54 Å². The molecular weight excluding hydrogens is 617 g/mol. The number of benzene rings is 4. The highest BCUT2D eigenvalue weighted by molar-refractivity contribution is 7.92. The fourth-order valence-corrected chi connectivity index (χ4v) is 6.71. The largest absolute Gasteiger partial charge is 0.354 e. The second-order valence-corrected chi connectivity index (χ2v) is 13.0. The average Bonchev–Trinajstić information content (AvgIpc) is 3.02. The molecular formula is C34H35Cl2N3O4S. The molecule has 1 N–H and O–H groups in total. The van der Waals surface area contributed by atoms with Gasteiger partial charge in [-0.05, 0) is 47.9 Å². The van der Waals surface area contributed by atoms with Crippen LogP contribution in [0.1, 0.15) is 30.9 Å². The first-order valence-corrected chi connectivity index (χ1v) is 16.6. The fourth-order valence-electron chi connectivity index (χ4n) is 4.77. The third kappa shape index (κ3) is 8.85. The Morgan fingerprint density at radius 3 is 1.91 bits per heavy atom. The number of nitrogens with one attached hydrogen (secondary N) is 1. The van der Waals surface area contributed by atoms with Gasteiger partial charge in [0.1, 0.15) is 12.6 Å². The first-order chi connectivity index (χ1) is 21.2. The highest BCUT2D eigenvalue weighted by atomic mass is 35.5. The smallest absolute Gasteiger partial charge is 0.264 e. The number of hydrogen-bond acceptors (Lipinski definition) is 4. The monoisotopic (exact) mass is 651 g/mol. The van der Waals surface area contributed by atoms with Crippen LogP contribution in [-0.2, 0) is 32.6 Å². The van der Waals surface area contributed by atoms with E-state index in [-0.39, 0.29) is 39.5 Å². The van der Waals surface area contributed by atoms with Crippen molar-refractivity contribution in [3.05, 3.63) is 130 Å². The minimum atomic E-state index is -4.24. The number of sulfonamides is 1. The predicted octanol–water partition coefficient (Wildman–Crippen LogP) is 6.75. The Morgan fingerprint density at radius 2 is 1.34 bits per heavy atom. The number of amides is 2. The Hall–Kier alpha value is -3.85. The lowest BCUT2D eigenvalue weighted by molar-refractivity contribution is -0.140. The quantitative estimate of drug-likeness (QED) is 0.153. The molecule has 4 aromatic rings. The zero-order valence-corrected chi connectivity index (χ0v) is 26.7. The lowest BCUT2D eigenvalue weighted by Gasteiger charge is -2.34. The molecule has 0 unspecified atom stereocenters. The van der Waals surface area contributed by atoms with E-state index in [9.17, 15) is 18.0 Å². The molecule has 1 atom stereocenters. The lowest BCUT2D eigenvalue weighted by atomic mass is 10.0. The van der Waals surface area contributed by atoms with Crippen LogP contribution >= 0.6 is 23.2 Å². The topological polar surface area (TPSA) is 86.8 Å². The van der Waals surface area contributed by atoms with Crippen LogP contribution < -0.4 is 9.62 Å². The molecule has 230 valence electrons. The van der Waals surface area contributed by atoms with Crippen molar-refractivity contribution in [3.63, 3.8) is 0 Å². The molecule has 4 aromatic carbocycles. The maximum Gasteiger partial charge on any atom is 0.264 e. The van der Waals surface area contributed by atoms with Crippen LogP contribution in [-0.4, -0.2) is 44.3 Å². The van der Waals surface area contributed by atoms with Crippen molar-refractivity contribution < 1.29 is 18.0 Å². The van der Waals surface area contributed by atoms with Gasteiger partial charge in [-0.2, -0.15) is 0 Å². The Bertz CT molecular complexity index is 1620. The predicted molar refractivity (Wildman–Crippen MR) is 176 cm³/mol. The molecule has 10 heteroatoms. The van der Waals surface area contributed by atoms with Crippen molar-refractivity contribution in [2.45, 2.75) is 43.7 Å². The second-order valence-electron chi connectivity index (χ2n) is 10.3. The van der Waals surface area contributed by atoms with Gasteiger partial charge in [-0.3, -0.25) is 13.9 Å². The van der Waals surface area contributed by atoms with Gasteiger partial charge < -0.3 is 10.2 Å². The Morgan fingerprint density at radius 1 is 0.795 bits per heavy atom. The average molecular weight is 653 g/mol. The Kier molecular flexibility index (Phi) is 11.8. The van der Waals surface area contributed by atoms with Crippen LogP contribution in [0.2, 0.25) is 10.0 Å². The molecule has 0 aromatic heterocycles. The van der Waals surface area contributed by atoms with Crippen molar-refractivity contribution in [2.24, 2.45) is 0 Å². The summed E-state index contributed by atoms with van der Waals surface area (Å²) in [4.78, 5) is 29.6. The van der Waals surface area contributed by atoms with Crippen LogP contribution in [0.4, 0.5) is 5.69 Å². The summed E-state index contributed by atoms with van der Waals surface area (Å²) in [6, 6.07) is 30.0. The van der Waals surface area contributed by atoms with E-state index in [1.165, 1.54) is 35.2 Å². The zero-order chi connectivity index (χ0) is 31.5. The third-order valence-electron chi connectivity index (χ3n) is 7.04. The molecule has 0 heterocycles. The van der Waals surface area contributed by atoms with Crippen LogP contribution in [0.3, 0.4) is 0 Å². The van der Waals surface area contributed by atoms with E-state index in [1.54, 1.807) is 18.2 Å². The first-order valence-electron chi connectivity index (χ1n) is 14.4. The Balaban J connectivity index is 1.79. The van der Waals surface area contributed by atoms with E-state index in [4.69, 9.17) is 23.2 Å². The number of unbranched alkanes of at least 4 members (excludes halogenated alkanes) is 1. The van der Waals surface area contributed by atoms with Gasteiger partial charge in [-0.1, -0.05) is 115 Å². The van der Waals surface area contributed by atoms with Gasteiger partial charge in [-0.25, -0.2) is 8.42 Å². The van der Waals surface area contributed by atoms with Gasteiger partial charge >= 0.3 is 0 Å². The van der Waals surface area contributed by atoms with Crippen molar-refractivity contribution in [1.29, 1.82) is 0 Å². The summed E-state index contributed by atoms with van der Waals surface area (Å²) in [5, 5.41) is 3.41. The number of anilines is 1. The molecule has 0 saturated carbocycles. The van der Waals surface area contributed by atoms with E-state index in [2.05, 4.69) is 5.32 Å². The molecule has 0 bridgehead atoms. The molecule has 0 aliphatic heterocycles. The van der Waals surface area contributed by atoms with Crippen LogP contribution in [0.15, 0.2) is 114 Å². The fraction of sp³-hybridized carbons (Fsp3) is 0.235. The summed E-state index contributed by atoms with van der Waals surface area (Å²) in [6.07, 6.45) is 1.92. The number of nitrogens with zero attached hydrogens (tertiary/aromatic N) is 2. The number of carbonyl (C=O) groups is 2. The minimum absolute atomic E-state index is 0.00310. The van der Waals surface area contributed by atoms with Crippen molar-refractivity contribution in [1.82, 2.24) is 10.2 Å². The van der Waals surface area contributed by atoms with Gasteiger partial charge in [0.25, 0.3) is 10.0 Å². The number of rotatable bonds is 14. The van der Waals surface area contributed by atoms with E-state index in [0.717, 1.165) is 28.3 Å². The molecule has 4 rings (SSSR count). The van der Waals surface area contributed by atoms with E-state index >= 15 is 0 Å². The molecule has 0 radical (unpaired) electrons. The minimum Gasteiger partial charge on any atom is -0.354 e. The first kappa shape index (κ1) is 33.1. The van der Waals surface area contributed by atoms with Crippen LogP contribution in [0, 0.1) is 0 Å². The zero-order valence-electron chi connectivity index (χ0n) is 24.4. The molecule has 0 aliphatic rings. The molecule has 2 amide bonds. The van der Waals surface area contributed by atoms with Crippen LogP contribution in [0.5, 0.6) is 0 Å². The molecule has 0 saturated heterocycles. The summed E-state index contributed by atoms with van der Waals surface area (Å²) in [7, 11) is -4.24. The summed E-state index contributed by atoms with van der Waals surface area (Å²) in [5.74, 6) is -0.870. The van der Waals surface area contributed by atoms with Crippen molar-refractivity contribution in [2.75, 3.05) is 17.4 Å². The molecule has 0 aliphatic carbocycles. The summed E-state index contributed by atoms with van der Waals surface area (Å²) < 4.78 is 29.1. The third-order valence-corrected chi connectivity index (χ3v) is 9.27. The van der Waals surface area contributed by atoms with Gasteiger partial charge in [0, 0.05) is 29.6 Å². The van der Waals surface area contributed by atoms with E-state index < -0.39 is 28.5 Å². The summed E-state index contributed by atoms with van der Waals surface area (Å²) >= 11 is 12.6. The lowest BCUT2D eigenvalue weighted by Crippen LogP contribution is -2.53. The van der Waals surface area contributed by atoms with E-state index in [1.807, 2.05) is 67.6 Å². The summed E-state index contributed by atoms with van der Waals surface area (Å²) in [6.45, 7) is 1.99. The second kappa shape index (κ2) is 15.7. The van der Waals surface area contributed by atoms with Gasteiger partial charge in [-0.15, -0.1) is 0 Å². The SMILES string of the molecule is CCCCNC(=O)[C@H](Cc1ccccc1)N(Cc1ccccc1)C(=O)CN(c1cc(Cl)cc(Cl)c1)S(=O)(=O)c1ccccc1. The molecule has 0 fully saturated rings. The number of carbonyl (C=O) groups excluding carboxylic acids is 2. The Labute approximate surface area is 269 Å². The van der Waals surface area contributed by atoms with Gasteiger partial charge in [0.2, 0.25) is 11.8 Å². The van der Waals surface area contributed by atoms with Crippen molar-refractivity contribution in [3.8, 4) is 0 Å². The maximum absolute atomic E-state index is 14.4. The van der Waals surface area contributed by atoms with Gasteiger partial charge in [0.15, 0.2) is 0 Å². The van der Waals surface area contributed by atoms with Crippen LogP contribution in [0.25, 0.3) is 0 Å². The number of halogens is 2. The molecule has 44 heavy (non-hydrogen) atoms. The standard InChI is InChI=1S/C34H35Cl2N3O4S/c1-2-3-19-37-34(41)32(20-26-13-7-4-8-14-26)38(24-27-15-9-5-10-16-27)33(40)25-39(30-22-28(35)21-29(36)23-30)44(42,43)31-17-11-6-12-18-31/h4-18,21-23,32H,2-3,19-20,24-25H2,1H3,(H,37,41)/t32-/m0/s1.